The molecule has 0 aliphatic heterocycles. The number of ether oxygens (including phenoxy) is 2. The Morgan fingerprint density at radius 1 is 0.576 bits per heavy atom. The molecule has 0 heterocycles. The maximum Gasteiger partial charge on any atom is 0.472 e. The third-order valence-corrected chi connectivity index (χ3v) is 11.6. The van der Waals surface area contributed by atoms with Crippen molar-refractivity contribution in [3.05, 3.63) is 0 Å². The molecule has 1 amide bonds. The van der Waals surface area contributed by atoms with Crippen molar-refractivity contribution in [3.8, 4) is 0 Å². The van der Waals surface area contributed by atoms with Crippen LogP contribution in [-0.2, 0) is 37.5 Å². The first-order valence-corrected chi connectivity index (χ1v) is 25.7. The predicted octanol–water partition coefficient (Wildman–Crippen LogP) is 11.3. The minimum atomic E-state index is -4.54. The molecule has 0 spiro atoms. The summed E-state index contributed by atoms with van der Waals surface area (Å²) in [5.41, 5.74) is 0. The van der Waals surface area contributed by atoms with Gasteiger partial charge in [-0.15, -0.1) is 0 Å². The maximum absolute atomic E-state index is 12.7. The van der Waals surface area contributed by atoms with E-state index < -0.39 is 32.5 Å². The lowest BCUT2D eigenvalue weighted by atomic mass is 10.0. The Bertz CT molecular complexity index is 1020. The Morgan fingerprint density at radius 3 is 1.37 bits per heavy atom. The van der Waals surface area contributed by atoms with E-state index in [9.17, 15) is 23.8 Å². The van der Waals surface area contributed by atoms with E-state index in [0.717, 1.165) is 38.5 Å². The normalized spacial score (nSPS) is 13.1. The van der Waals surface area contributed by atoms with Crippen molar-refractivity contribution in [2.24, 2.45) is 0 Å². The Morgan fingerprint density at radius 2 is 0.966 bits per heavy atom. The standard InChI is InChI=1S/C46H92N3O9P/c1-5-7-9-11-13-15-17-19-21-23-25-27-29-31-33-35-45(51)55-40-43(41-57-59(53,54)56-38-37-48-44(50)39-49(4)42-47-3)58-46(52)36-34-32-30-28-26-24-22-20-18-16-14-12-10-8-6-2/h43,47H,5-42H2,1-4H3,(H,48,50)(H,53,54)/t43-/m1/s1. The van der Waals surface area contributed by atoms with Crippen LogP contribution in [0.4, 0.5) is 0 Å². The average molecular weight is 862 g/mol. The number of esters is 2. The average Bonchev–Trinajstić information content (AvgIpc) is 3.20. The van der Waals surface area contributed by atoms with Crippen LogP contribution in [0.25, 0.3) is 0 Å². The lowest BCUT2D eigenvalue weighted by molar-refractivity contribution is -0.161. The molecule has 2 atom stereocenters. The van der Waals surface area contributed by atoms with Crippen LogP contribution in [0.2, 0.25) is 0 Å². The highest BCUT2D eigenvalue weighted by Gasteiger charge is 2.26. The molecule has 0 aliphatic rings. The van der Waals surface area contributed by atoms with Gasteiger partial charge in [-0.05, 0) is 26.9 Å². The number of carbonyl (C=O) groups excluding carboxylic acids is 3. The van der Waals surface area contributed by atoms with Crippen LogP contribution in [0.15, 0.2) is 0 Å². The highest BCUT2D eigenvalue weighted by atomic mass is 31.2. The number of likely N-dealkylation sites (N-methyl/N-ethyl adjacent to an activating group) is 1. The summed E-state index contributed by atoms with van der Waals surface area (Å²) in [6.07, 6.45) is 36.4. The number of carbonyl (C=O) groups is 3. The van der Waals surface area contributed by atoms with Crippen LogP contribution in [0, 0.1) is 0 Å². The minimum Gasteiger partial charge on any atom is -0.462 e. The number of nitrogens with one attached hydrogen (secondary N) is 2. The number of nitrogens with zero attached hydrogens (tertiary/aromatic N) is 1. The zero-order valence-corrected chi connectivity index (χ0v) is 39.4. The summed E-state index contributed by atoms with van der Waals surface area (Å²) in [6, 6.07) is 0. The highest BCUT2D eigenvalue weighted by molar-refractivity contribution is 7.47. The molecule has 0 radical (unpaired) electrons. The van der Waals surface area contributed by atoms with Gasteiger partial charge < -0.3 is 25.0 Å². The molecule has 3 N–H and O–H groups in total. The van der Waals surface area contributed by atoms with E-state index in [2.05, 4.69) is 24.5 Å². The summed E-state index contributed by atoms with van der Waals surface area (Å²) >= 11 is 0. The quantitative estimate of drug-likeness (QED) is 0.0232. The number of amides is 1. The fraction of sp³-hybridized carbons (Fsp3) is 0.935. The number of phosphoric acid groups is 1. The lowest BCUT2D eigenvalue weighted by Crippen LogP contribution is -2.39. The Kier molecular flexibility index (Phi) is 42.0. The van der Waals surface area contributed by atoms with E-state index in [1.165, 1.54) is 148 Å². The van der Waals surface area contributed by atoms with Gasteiger partial charge in [0.2, 0.25) is 5.91 Å². The first-order valence-electron chi connectivity index (χ1n) is 24.2. The topological polar surface area (TPSA) is 153 Å². The highest BCUT2D eigenvalue weighted by Crippen LogP contribution is 2.43. The molecule has 0 bridgehead atoms. The summed E-state index contributed by atoms with van der Waals surface area (Å²) < 4.78 is 33.7. The van der Waals surface area contributed by atoms with E-state index >= 15 is 0 Å². The molecule has 13 heteroatoms. The zero-order chi connectivity index (χ0) is 43.5. The van der Waals surface area contributed by atoms with Gasteiger partial charge in [0.05, 0.1) is 19.8 Å². The van der Waals surface area contributed by atoms with Crippen molar-refractivity contribution < 1.29 is 42.4 Å². The van der Waals surface area contributed by atoms with Gasteiger partial charge in [-0.1, -0.05) is 194 Å². The molecule has 59 heavy (non-hydrogen) atoms. The summed E-state index contributed by atoms with van der Waals surface area (Å²) in [7, 11) is -0.979. The number of rotatable bonds is 46. The van der Waals surface area contributed by atoms with Gasteiger partial charge in [0, 0.05) is 26.1 Å². The second-order valence-electron chi connectivity index (χ2n) is 16.7. The van der Waals surface area contributed by atoms with Crippen LogP contribution in [0.3, 0.4) is 0 Å². The second-order valence-corrected chi connectivity index (χ2v) is 18.1. The summed E-state index contributed by atoms with van der Waals surface area (Å²) in [4.78, 5) is 49.4. The Balaban J connectivity index is 4.47. The monoisotopic (exact) mass is 862 g/mol. The van der Waals surface area contributed by atoms with E-state index in [0.29, 0.717) is 13.1 Å². The summed E-state index contributed by atoms with van der Waals surface area (Å²) in [5.74, 6) is -1.12. The molecular formula is C46H92N3O9P. The lowest BCUT2D eigenvalue weighted by Gasteiger charge is -2.20. The fourth-order valence-corrected chi connectivity index (χ4v) is 7.84. The van der Waals surface area contributed by atoms with Gasteiger partial charge in [0.15, 0.2) is 6.10 Å². The molecule has 0 saturated carbocycles. The minimum absolute atomic E-state index is 0.00866. The van der Waals surface area contributed by atoms with E-state index in [1.807, 2.05) is 0 Å². The van der Waals surface area contributed by atoms with Gasteiger partial charge in [-0.25, -0.2) is 4.57 Å². The predicted molar refractivity (Wildman–Crippen MR) is 241 cm³/mol. The zero-order valence-electron chi connectivity index (χ0n) is 38.6. The second kappa shape index (κ2) is 43.1. The van der Waals surface area contributed by atoms with Crippen LogP contribution in [0.5, 0.6) is 0 Å². The third-order valence-electron chi connectivity index (χ3n) is 10.6. The number of phosphoric ester groups is 1. The Hall–Kier alpha value is -1.56. The molecule has 0 rings (SSSR count). The Labute approximate surface area is 361 Å². The van der Waals surface area contributed by atoms with Crippen LogP contribution < -0.4 is 10.6 Å². The smallest absolute Gasteiger partial charge is 0.462 e. The molecule has 1 unspecified atom stereocenters. The van der Waals surface area contributed by atoms with Gasteiger partial charge in [0.25, 0.3) is 0 Å². The van der Waals surface area contributed by atoms with E-state index in [4.69, 9.17) is 18.5 Å². The van der Waals surface area contributed by atoms with Crippen molar-refractivity contribution in [2.75, 3.05) is 53.7 Å². The van der Waals surface area contributed by atoms with E-state index in [-0.39, 0.29) is 45.1 Å². The van der Waals surface area contributed by atoms with Gasteiger partial charge >= 0.3 is 19.8 Å². The molecule has 12 nitrogen and oxygen atoms in total. The van der Waals surface area contributed by atoms with Gasteiger partial charge in [-0.2, -0.15) is 0 Å². The number of unbranched alkanes of at least 4 members (excludes halogenated alkanes) is 28. The van der Waals surface area contributed by atoms with E-state index in [1.54, 1.807) is 19.0 Å². The molecule has 0 aromatic carbocycles. The first-order chi connectivity index (χ1) is 28.6. The molecule has 0 aliphatic carbocycles. The maximum atomic E-state index is 12.7. The van der Waals surface area contributed by atoms with Crippen LogP contribution in [0.1, 0.15) is 219 Å². The number of hydrogen-bond donors (Lipinski definition) is 3. The number of hydrogen-bond acceptors (Lipinski definition) is 10. The molecule has 0 aromatic heterocycles. The van der Waals surface area contributed by atoms with Crippen molar-refractivity contribution >= 4 is 25.7 Å². The SMILES string of the molecule is CCCCCCCCCCCCCCCCCC(=O)OC[C@H](COP(=O)(O)OCCNC(=O)CN(C)CNC)OC(=O)CCCCCCCCCCCCCCCCC. The van der Waals surface area contributed by atoms with Gasteiger partial charge in [-0.3, -0.25) is 28.3 Å². The van der Waals surface area contributed by atoms with Crippen molar-refractivity contribution in [3.63, 3.8) is 0 Å². The summed E-state index contributed by atoms with van der Waals surface area (Å²) in [5, 5.41) is 5.57. The van der Waals surface area contributed by atoms with Crippen LogP contribution >= 0.6 is 7.82 Å². The fourth-order valence-electron chi connectivity index (χ4n) is 7.09. The first kappa shape index (κ1) is 57.4. The molecule has 0 fully saturated rings. The third kappa shape index (κ3) is 42.9. The van der Waals surface area contributed by atoms with Gasteiger partial charge in [0.1, 0.15) is 6.61 Å². The molecule has 350 valence electrons. The van der Waals surface area contributed by atoms with Crippen molar-refractivity contribution in [1.82, 2.24) is 15.5 Å². The van der Waals surface area contributed by atoms with Crippen molar-refractivity contribution in [1.29, 1.82) is 0 Å². The largest absolute Gasteiger partial charge is 0.472 e. The van der Waals surface area contributed by atoms with Crippen molar-refractivity contribution in [2.45, 2.75) is 225 Å². The van der Waals surface area contributed by atoms with Crippen LogP contribution in [-0.4, -0.2) is 87.4 Å². The molecule has 0 aromatic rings. The molecule has 0 saturated heterocycles. The summed E-state index contributed by atoms with van der Waals surface area (Å²) in [6.45, 7) is 4.19. The molecular weight excluding hydrogens is 769 g/mol.